The highest BCUT2D eigenvalue weighted by Crippen LogP contribution is 2.44. The summed E-state index contributed by atoms with van der Waals surface area (Å²) in [6.07, 6.45) is 2.14. The number of benzene rings is 2. The molecule has 2 atom stereocenters. The molecule has 0 radical (unpaired) electrons. The van der Waals surface area contributed by atoms with Crippen LogP contribution in [0.3, 0.4) is 0 Å². The Hall–Kier alpha value is -3.23. The number of halogens is 1. The van der Waals surface area contributed by atoms with Crippen LogP contribution in [0.4, 0.5) is 4.39 Å². The maximum atomic E-state index is 14.2. The van der Waals surface area contributed by atoms with Crippen molar-refractivity contribution in [2.45, 2.75) is 51.0 Å². The summed E-state index contributed by atoms with van der Waals surface area (Å²) in [6, 6.07) is 9.38. The third kappa shape index (κ3) is 4.00. The molecule has 0 amide bonds. The third-order valence-electron chi connectivity index (χ3n) is 7.07. The summed E-state index contributed by atoms with van der Waals surface area (Å²) >= 11 is 0. The number of hydrogen-bond donors (Lipinski definition) is 2. The zero-order valence-corrected chi connectivity index (χ0v) is 20.4. The number of nitrogens with one attached hydrogen (secondary N) is 1. The van der Waals surface area contributed by atoms with Gasteiger partial charge in [0.2, 0.25) is 0 Å². The zero-order valence-electron chi connectivity index (χ0n) is 20.4. The number of nitrogens with zero attached hydrogens (tertiary/aromatic N) is 2. The summed E-state index contributed by atoms with van der Waals surface area (Å²) in [6.45, 7) is 6.83. The summed E-state index contributed by atoms with van der Waals surface area (Å²) in [5.41, 5.74) is 5.11. The van der Waals surface area contributed by atoms with Gasteiger partial charge in [-0.15, -0.1) is 0 Å². The minimum Gasteiger partial charge on any atom is -0.479 e. The molecule has 1 unspecified atom stereocenters. The Bertz CT molecular complexity index is 1410. The first-order valence-electron chi connectivity index (χ1n) is 11.8. The molecular formula is C27H30FN3O4. The van der Waals surface area contributed by atoms with Crippen molar-refractivity contribution < 1.29 is 23.8 Å². The van der Waals surface area contributed by atoms with Crippen LogP contribution in [0, 0.1) is 12.7 Å². The van der Waals surface area contributed by atoms with E-state index in [0.717, 1.165) is 38.8 Å². The molecular weight excluding hydrogens is 449 g/mol. The first kappa shape index (κ1) is 23.5. The fourth-order valence-electron chi connectivity index (χ4n) is 5.47. The number of aromatic nitrogens is 3. The molecule has 35 heavy (non-hydrogen) atoms. The van der Waals surface area contributed by atoms with Gasteiger partial charge in [0.1, 0.15) is 5.82 Å². The van der Waals surface area contributed by atoms with Crippen LogP contribution >= 0.6 is 0 Å². The fraction of sp³-hybridized carbons (Fsp3) is 0.407. The fourth-order valence-corrected chi connectivity index (χ4v) is 5.47. The second-order valence-electron chi connectivity index (χ2n) is 10.1. The lowest BCUT2D eigenvalue weighted by molar-refractivity contribution is -0.153. The van der Waals surface area contributed by atoms with Gasteiger partial charge < -0.3 is 19.1 Å². The standard InChI is InChI=1S/C27H30FN3O4/c1-15-9-18(6-7-20(15)28)31-22-10-17-12-29-30-21(17)11-19(22)24(25(31)27(2,3)14-34-4)16-5-8-23(26(32)33)35-13-16/h6-7,9-12,16,23H,5,8,13-14H2,1-4H3,(H,29,30)(H,32,33)/t16?,23-/m0/s1. The van der Waals surface area contributed by atoms with Gasteiger partial charge in [-0.3, -0.25) is 5.10 Å². The topological polar surface area (TPSA) is 89.4 Å². The van der Waals surface area contributed by atoms with E-state index >= 15 is 0 Å². The van der Waals surface area contributed by atoms with E-state index in [0.29, 0.717) is 31.6 Å². The highest BCUT2D eigenvalue weighted by atomic mass is 19.1. The van der Waals surface area contributed by atoms with Gasteiger partial charge in [-0.2, -0.15) is 5.10 Å². The van der Waals surface area contributed by atoms with Crippen molar-refractivity contribution in [3.63, 3.8) is 0 Å². The number of ether oxygens (including phenoxy) is 2. The molecule has 0 aliphatic carbocycles. The van der Waals surface area contributed by atoms with Crippen LogP contribution in [0.25, 0.3) is 27.5 Å². The molecule has 1 aliphatic heterocycles. The van der Waals surface area contributed by atoms with Crippen LogP contribution in [0.2, 0.25) is 0 Å². The molecule has 4 aromatic rings. The highest BCUT2D eigenvalue weighted by Gasteiger charge is 2.37. The molecule has 2 aromatic carbocycles. The number of aromatic amines is 1. The lowest BCUT2D eigenvalue weighted by Crippen LogP contribution is -2.33. The van der Waals surface area contributed by atoms with Crippen LogP contribution in [-0.2, 0) is 19.7 Å². The van der Waals surface area contributed by atoms with Crippen molar-refractivity contribution in [1.82, 2.24) is 14.8 Å². The molecule has 1 aliphatic rings. The third-order valence-corrected chi connectivity index (χ3v) is 7.07. The zero-order chi connectivity index (χ0) is 24.9. The number of hydrogen-bond acceptors (Lipinski definition) is 4. The summed E-state index contributed by atoms with van der Waals surface area (Å²) in [5, 5.41) is 18.7. The van der Waals surface area contributed by atoms with Crippen molar-refractivity contribution in [2.24, 2.45) is 0 Å². The Morgan fingerprint density at radius 1 is 1.31 bits per heavy atom. The Kier molecular flexibility index (Phi) is 5.89. The van der Waals surface area contributed by atoms with Crippen LogP contribution in [0.1, 0.15) is 49.4 Å². The SMILES string of the molecule is COCC(C)(C)c1c(C2CC[C@@H](C(=O)O)OC2)c2cc3[nH]ncc3cc2n1-c1ccc(F)c(C)c1. The van der Waals surface area contributed by atoms with Crippen LogP contribution < -0.4 is 0 Å². The number of carbonyl (C=O) groups is 1. The predicted octanol–water partition coefficient (Wildman–Crippen LogP) is 5.23. The number of carboxylic acid groups (broad SMARTS) is 1. The molecule has 0 saturated carbocycles. The smallest absolute Gasteiger partial charge is 0.332 e. The maximum absolute atomic E-state index is 14.2. The van der Waals surface area contributed by atoms with Gasteiger partial charge in [0.25, 0.3) is 0 Å². The average Bonchev–Trinajstić information content (AvgIpc) is 3.41. The Morgan fingerprint density at radius 3 is 2.77 bits per heavy atom. The van der Waals surface area contributed by atoms with Crippen molar-refractivity contribution in [2.75, 3.05) is 20.3 Å². The Labute approximate surface area is 202 Å². The van der Waals surface area contributed by atoms with Crippen molar-refractivity contribution in [1.29, 1.82) is 0 Å². The summed E-state index contributed by atoms with van der Waals surface area (Å²) in [7, 11) is 1.69. The molecule has 0 bridgehead atoms. The maximum Gasteiger partial charge on any atom is 0.332 e. The Morgan fingerprint density at radius 2 is 2.11 bits per heavy atom. The first-order chi connectivity index (χ1) is 16.7. The van der Waals surface area contributed by atoms with E-state index in [1.54, 1.807) is 26.3 Å². The number of H-pyrrole nitrogens is 1. The molecule has 184 valence electrons. The van der Waals surface area contributed by atoms with Gasteiger partial charge >= 0.3 is 5.97 Å². The van der Waals surface area contributed by atoms with E-state index in [9.17, 15) is 14.3 Å². The lowest BCUT2D eigenvalue weighted by Gasteiger charge is -2.32. The quantitative estimate of drug-likeness (QED) is 0.396. The Balaban J connectivity index is 1.83. The van der Waals surface area contributed by atoms with E-state index in [2.05, 4.69) is 40.7 Å². The van der Waals surface area contributed by atoms with Crippen LogP contribution in [-0.4, -0.2) is 52.3 Å². The molecule has 0 spiro atoms. The summed E-state index contributed by atoms with van der Waals surface area (Å²) < 4.78 is 27.9. The van der Waals surface area contributed by atoms with E-state index in [-0.39, 0.29) is 11.7 Å². The number of methoxy groups -OCH3 is 1. The molecule has 2 N–H and O–H groups in total. The van der Waals surface area contributed by atoms with Crippen LogP contribution in [0.15, 0.2) is 36.5 Å². The lowest BCUT2D eigenvalue weighted by atomic mass is 9.80. The molecule has 2 aromatic heterocycles. The minimum absolute atomic E-state index is 0.00222. The second kappa shape index (κ2) is 8.77. The van der Waals surface area contributed by atoms with Gasteiger partial charge in [-0.1, -0.05) is 13.8 Å². The summed E-state index contributed by atoms with van der Waals surface area (Å²) in [5.74, 6) is -1.17. The highest BCUT2D eigenvalue weighted by molar-refractivity contribution is 5.99. The van der Waals surface area contributed by atoms with Gasteiger partial charge in [-0.25, -0.2) is 9.18 Å². The van der Waals surface area contributed by atoms with Gasteiger partial charge in [-0.05, 0) is 61.2 Å². The first-order valence-corrected chi connectivity index (χ1v) is 11.8. The number of rotatable bonds is 6. The van der Waals surface area contributed by atoms with Crippen molar-refractivity contribution in [3.05, 3.63) is 59.2 Å². The van der Waals surface area contributed by atoms with Gasteiger partial charge in [0.15, 0.2) is 6.10 Å². The largest absolute Gasteiger partial charge is 0.479 e. The molecule has 1 saturated heterocycles. The summed E-state index contributed by atoms with van der Waals surface area (Å²) in [4.78, 5) is 11.5. The molecule has 3 heterocycles. The molecule has 5 rings (SSSR count). The molecule has 7 nitrogen and oxygen atoms in total. The number of carboxylic acids is 1. The van der Waals surface area contributed by atoms with Crippen molar-refractivity contribution >= 4 is 27.8 Å². The monoisotopic (exact) mass is 479 g/mol. The molecule has 1 fully saturated rings. The predicted molar refractivity (Wildman–Crippen MR) is 132 cm³/mol. The van der Waals surface area contributed by atoms with E-state index in [4.69, 9.17) is 9.47 Å². The number of aliphatic carboxylic acids is 1. The van der Waals surface area contributed by atoms with Gasteiger partial charge in [0.05, 0.1) is 30.4 Å². The second-order valence-corrected chi connectivity index (χ2v) is 10.1. The molecule has 8 heteroatoms. The van der Waals surface area contributed by atoms with E-state index < -0.39 is 17.5 Å². The van der Waals surface area contributed by atoms with Crippen molar-refractivity contribution in [3.8, 4) is 5.69 Å². The van der Waals surface area contributed by atoms with E-state index in [1.165, 1.54) is 6.07 Å². The minimum atomic E-state index is -0.924. The van der Waals surface area contributed by atoms with Crippen LogP contribution in [0.5, 0.6) is 0 Å². The van der Waals surface area contributed by atoms with E-state index in [1.807, 2.05) is 6.07 Å². The normalized spacial score (nSPS) is 19.0. The van der Waals surface area contributed by atoms with Gasteiger partial charge in [0, 0.05) is 40.6 Å². The average molecular weight is 480 g/mol. The number of aryl methyl sites for hydroxylation is 1. The number of fused-ring (bicyclic) bond motifs is 2.